The molecule has 6 heteroatoms. The highest BCUT2D eigenvalue weighted by Crippen LogP contribution is 2.26. The predicted molar refractivity (Wildman–Crippen MR) is 61.9 cm³/mol. The van der Waals surface area contributed by atoms with Gasteiger partial charge in [0.2, 0.25) is 0 Å². The Balaban J connectivity index is 1.84. The van der Waals surface area contributed by atoms with Crippen LogP contribution in [0.3, 0.4) is 0 Å². The molecule has 0 atom stereocenters. The summed E-state index contributed by atoms with van der Waals surface area (Å²) in [5.41, 5.74) is 0.0125. The van der Waals surface area contributed by atoms with Crippen molar-refractivity contribution >= 4 is 5.97 Å². The lowest BCUT2D eigenvalue weighted by Gasteiger charge is -2.20. The third kappa shape index (κ3) is 3.26. The molecule has 17 heavy (non-hydrogen) atoms. The van der Waals surface area contributed by atoms with E-state index in [0.717, 1.165) is 25.6 Å². The molecule has 2 rings (SSSR count). The van der Waals surface area contributed by atoms with Crippen molar-refractivity contribution in [3.63, 3.8) is 0 Å². The fourth-order valence-electron chi connectivity index (χ4n) is 1.94. The number of carboxylic acid groups (broad SMARTS) is 1. The van der Waals surface area contributed by atoms with Crippen molar-refractivity contribution in [1.29, 1.82) is 0 Å². The minimum absolute atomic E-state index is 0.0125. The number of hydrogen-bond donors (Lipinski definition) is 1. The Labute approximate surface area is 100 Å². The Morgan fingerprint density at radius 2 is 2.35 bits per heavy atom. The zero-order valence-electron chi connectivity index (χ0n) is 10.0. The van der Waals surface area contributed by atoms with Crippen molar-refractivity contribution in [3.8, 4) is 0 Å². The summed E-state index contributed by atoms with van der Waals surface area (Å²) in [4.78, 5) is 13.1. The molecule has 0 radical (unpaired) electrons. The molecular weight excluding hydrogens is 220 g/mol. The second-order valence-corrected chi connectivity index (χ2v) is 4.44. The number of nitrogens with zero attached hydrogens (tertiary/aromatic N) is 4. The number of aromatic carboxylic acids is 1. The van der Waals surface area contributed by atoms with E-state index in [9.17, 15) is 4.79 Å². The minimum atomic E-state index is -1.02. The van der Waals surface area contributed by atoms with E-state index in [4.69, 9.17) is 5.11 Å². The fraction of sp³-hybridized carbons (Fsp3) is 0.727. The molecular formula is C11H18N4O2. The number of aromatic nitrogens is 3. The summed E-state index contributed by atoms with van der Waals surface area (Å²) < 4.78 is 1.61. The van der Waals surface area contributed by atoms with Crippen LogP contribution in [0.1, 0.15) is 36.7 Å². The zero-order chi connectivity index (χ0) is 12.3. The van der Waals surface area contributed by atoms with E-state index < -0.39 is 5.97 Å². The third-order valence-corrected chi connectivity index (χ3v) is 2.95. The van der Waals surface area contributed by atoms with Gasteiger partial charge in [0.15, 0.2) is 5.69 Å². The Morgan fingerprint density at radius 3 is 2.88 bits per heavy atom. The second-order valence-electron chi connectivity index (χ2n) is 4.44. The first-order valence-corrected chi connectivity index (χ1v) is 6.08. The van der Waals surface area contributed by atoms with Crippen LogP contribution in [-0.2, 0) is 6.54 Å². The van der Waals surface area contributed by atoms with Crippen molar-refractivity contribution < 1.29 is 9.90 Å². The summed E-state index contributed by atoms with van der Waals surface area (Å²) in [5, 5.41) is 16.1. The summed E-state index contributed by atoms with van der Waals surface area (Å²) in [6, 6.07) is 0.734. The lowest BCUT2D eigenvalue weighted by molar-refractivity contribution is 0.0690. The van der Waals surface area contributed by atoms with Gasteiger partial charge in [0.05, 0.1) is 12.7 Å². The normalized spacial score (nSPS) is 15.4. The lowest BCUT2D eigenvalue weighted by atomic mass is 10.4. The van der Waals surface area contributed by atoms with Crippen LogP contribution >= 0.6 is 0 Å². The smallest absolute Gasteiger partial charge is 0.358 e. The van der Waals surface area contributed by atoms with Gasteiger partial charge in [-0.05, 0) is 25.8 Å². The monoisotopic (exact) mass is 238 g/mol. The van der Waals surface area contributed by atoms with E-state index in [2.05, 4.69) is 22.1 Å². The Kier molecular flexibility index (Phi) is 3.73. The van der Waals surface area contributed by atoms with Gasteiger partial charge in [0.1, 0.15) is 0 Å². The van der Waals surface area contributed by atoms with Gasteiger partial charge >= 0.3 is 5.97 Å². The van der Waals surface area contributed by atoms with Crippen molar-refractivity contribution in [3.05, 3.63) is 11.9 Å². The molecule has 0 spiro atoms. The van der Waals surface area contributed by atoms with Gasteiger partial charge < -0.3 is 5.11 Å². The number of carbonyl (C=O) groups is 1. The van der Waals surface area contributed by atoms with E-state index >= 15 is 0 Å². The Hall–Kier alpha value is -1.43. The maximum atomic E-state index is 10.6. The summed E-state index contributed by atoms with van der Waals surface area (Å²) in [7, 11) is 0. The third-order valence-electron chi connectivity index (χ3n) is 2.95. The molecule has 1 aromatic heterocycles. The number of rotatable bonds is 7. The molecule has 0 unspecified atom stereocenters. The van der Waals surface area contributed by atoms with Gasteiger partial charge in [-0.25, -0.2) is 4.79 Å². The first kappa shape index (κ1) is 12.0. The summed E-state index contributed by atoms with van der Waals surface area (Å²) in [6.07, 6.45) is 5.21. The highest BCUT2D eigenvalue weighted by Gasteiger charge is 2.27. The molecule has 0 aromatic carbocycles. The van der Waals surface area contributed by atoms with Gasteiger partial charge in [-0.1, -0.05) is 12.1 Å². The zero-order valence-corrected chi connectivity index (χ0v) is 10.0. The molecule has 0 amide bonds. The SMILES string of the molecule is CCCN(CCn1cc(C(=O)O)nn1)C1CC1. The van der Waals surface area contributed by atoms with Crippen LogP contribution in [-0.4, -0.2) is 50.1 Å². The first-order valence-electron chi connectivity index (χ1n) is 6.08. The molecule has 94 valence electrons. The van der Waals surface area contributed by atoms with Crippen LogP contribution in [0.4, 0.5) is 0 Å². The van der Waals surface area contributed by atoms with Crippen LogP contribution in [0.2, 0.25) is 0 Å². The van der Waals surface area contributed by atoms with Crippen LogP contribution in [0.25, 0.3) is 0 Å². The topological polar surface area (TPSA) is 71.2 Å². The molecule has 1 saturated carbocycles. The van der Waals surface area contributed by atoms with E-state index in [1.807, 2.05) is 0 Å². The van der Waals surface area contributed by atoms with Gasteiger partial charge in [0.25, 0.3) is 0 Å². The average molecular weight is 238 g/mol. The van der Waals surface area contributed by atoms with Crippen molar-refractivity contribution in [1.82, 2.24) is 19.9 Å². The standard InChI is InChI=1S/C11H18N4O2/c1-2-5-14(9-3-4-9)6-7-15-8-10(11(16)17)12-13-15/h8-9H,2-7H2,1H3,(H,16,17). The minimum Gasteiger partial charge on any atom is -0.476 e. The van der Waals surface area contributed by atoms with Gasteiger partial charge in [-0.3, -0.25) is 9.58 Å². The molecule has 1 aliphatic carbocycles. The van der Waals surface area contributed by atoms with Crippen molar-refractivity contribution in [2.75, 3.05) is 13.1 Å². The molecule has 1 aromatic rings. The van der Waals surface area contributed by atoms with Gasteiger partial charge in [-0.15, -0.1) is 5.10 Å². The molecule has 1 heterocycles. The largest absolute Gasteiger partial charge is 0.476 e. The maximum absolute atomic E-state index is 10.6. The Bertz CT molecular complexity index is 387. The predicted octanol–water partition coefficient (Wildman–Crippen LogP) is 0.851. The highest BCUT2D eigenvalue weighted by molar-refractivity contribution is 5.84. The van der Waals surface area contributed by atoms with Gasteiger partial charge in [0, 0.05) is 12.6 Å². The highest BCUT2D eigenvalue weighted by atomic mass is 16.4. The van der Waals surface area contributed by atoms with Crippen LogP contribution in [0.5, 0.6) is 0 Å². The van der Waals surface area contributed by atoms with E-state index in [1.165, 1.54) is 19.0 Å². The second kappa shape index (κ2) is 5.27. The van der Waals surface area contributed by atoms with Crippen LogP contribution in [0.15, 0.2) is 6.20 Å². The van der Waals surface area contributed by atoms with Crippen molar-refractivity contribution in [2.24, 2.45) is 0 Å². The van der Waals surface area contributed by atoms with E-state index in [-0.39, 0.29) is 5.69 Å². The lowest BCUT2D eigenvalue weighted by Crippen LogP contribution is -2.30. The molecule has 1 N–H and O–H groups in total. The number of hydrogen-bond acceptors (Lipinski definition) is 4. The Morgan fingerprint density at radius 1 is 1.59 bits per heavy atom. The fourth-order valence-corrected chi connectivity index (χ4v) is 1.94. The summed E-state index contributed by atoms with van der Waals surface area (Å²) in [6.45, 7) is 4.90. The van der Waals surface area contributed by atoms with Crippen LogP contribution < -0.4 is 0 Å². The molecule has 0 aliphatic heterocycles. The van der Waals surface area contributed by atoms with Crippen LogP contribution in [0, 0.1) is 0 Å². The maximum Gasteiger partial charge on any atom is 0.358 e. The molecule has 6 nitrogen and oxygen atoms in total. The van der Waals surface area contributed by atoms with E-state index in [0.29, 0.717) is 6.54 Å². The van der Waals surface area contributed by atoms with Gasteiger partial charge in [-0.2, -0.15) is 0 Å². The average Bonchev–Trinajstić information content (AvgIpc) is 3.02. The number of carboxylic acids is 1. The molecule has 0 saturated heterocycles. The van der Waals surface area contributed by atoms with E-state index in [1.54, 1.807) is 4.68 Å². The summed E-state index contributed by atoms with van der Waals surface area (Å²) in [5.74, 6) is -1.02. The molecule has 1 fully saturated rings. The molecule has 1 aliphatic rings. The van der Waals surface area contributed by atoms with Crippen molar-refractivity contribution in [2.45, 2.75) is 38.8 Å². The quantitative estimate of drug-likeness (QED) is 0.762. The summed E-state index contributed by atoms with van der Waals surface area (Å²) >= 11 is 0. The first-order chi connectivity index (χ1) is 8.20. The molecule has 0 bridgehead atoms.